The van der Waals surface area contributed by atoms with Crippen molar-refractivity contribution in [2.24, 2.45) is 5.73 Å². The third-order valence-electron chi connectivity index (χ3n) is 0.562. The summed E-state index contributed by atoms with van der Waals surface area (Å²) in [5.41, 5.74) is 4.76. The number of nitrogens with two attached hydrogens (primary N) is 1. The summed E-state index contributed by atoms with van der Waals surface area (Å²) in [7, 11) is 1.31. The van der Waals surface area contributed by atoms with Gasteiger partial charge in [-0.1, -0.05) is 5.92 Å². The predicted molar refractivity (Wildman–Crippen MR) is 28.6 cm³/mol. The van der Waals surface area contributed by atoms with E-state index in [4.69, 9.17) is 5.73 Å². The van der Waals surface area contributed by atoms with Crippen LogP contribution in [0.5, 0.6) is 0 Å². The van der Waals surface area contributed by atoms with Gasteiger partial charge in [-0.15, -0.1) is 0 Å². The van der Waals surface area contributed by atoms with Crippen LogP contribution in [0.1, 0.15) is 6.42 Å². The molecule has 0 aliphatic carbocycles. The number of carbonyl (C=O) groups is 1. The highest BCUT2D eigenvalue weighted by atomic mass is 16.5. The zero-order valence-electron chi connectivity index (χ0n) is 4.60. The molecule has 0 aliphatic rings. The van der Waals surface area contributed by atoms with Gasteiger partial charge in [-0.05, 0) is 0 Å². The molecule has 3 nitrogen and oxygen atoms in total. The van der Waals surface area contributed by atoms with Crippen LogP contribution in [-0.4, -0.2) is 13.1 Å². The molecule has 0 unspecified atom stereocenters. The zero-order chi connectivity index (χ0) is 6.41. The lowest BCUT2D eigenvalue weighted by molar-refractivity contribution is -0.139. The lowest BCUT2D eigenvalue weighted by Gasteiger charge is -1.87. The summed E-state index contributed by atoms with van der Waals surface area (Å²) in [5, 5.41) is 0. The Morgan fingerprint density at radius 1 is 1.88 bits per heavy atom. The highest BCUT2D eigenvalue weighted by Gasteiger charge is 1.91. The minimum atomic E-state index is -0.358. The summed E-state index contributed by atoms with van der Waals surface area (Å²) >= 11 is 0. The van der Waals surface area contributed by atoms with E-state index in [0.717, 1.165) is 0 Å². The molecule has 3 heteroatoms. The maximum absolute atomic E-state index is 10.2. The van der Waals surface area contributed by atoms with Gasteiger partial charge < -0.3 is 10.5 Å². The Labute approximate surface area is 47.8 Å². The topological polar surface area (TPSA) is 52.3 Å². The maximum atomic E-state index is 10.2. The van der Waals surface area contributed by atoms with E-state index in [2.05, 4.69) is 16.7 Å². The molecular formula is C5H7NO2. The molecule has 44 valence electrons. The fourth-order valence-electron chi connectivity index (χ4n) is 0.195. The monoisotopic (exact) mass is 113 g/mol. The van der Waals surface area contributed by atoms with E-state index in [1.165, 1.54) is 7.11 Å². The van der Waals surface area contributed by atoms with Gasteiger partial charge in [0.25, 0.3) is 0 Å². The van der Waals surface area contributed by atoms with E-state index in [1.807, 2.05) is 0 Å². The molecule has 2 N–H and O–H groups in total. The minimum absolute atomic E-state index is 0.0764. The fourth-order valence-corrected chi connectivity index (χ4v) is 0.195. The predicted octanol–water partition coefficient (Wildman–Crippen LogP) is -0.531. The SMILES string of the molecule is COC(=O)CC#CN. The molecule has 0 bridgehead atoms. The van der Waals surface area contributed by atoms with E-state index >= 15 is 0 Å². The zero-order valence-corrected chi connectivity index (χ0v) is 4.60. The first-order valence-corrected chi connectivity index (χ1v) is 2.06. The summed E-state index contributed by atoms with van der Waals surface area (Å²) in [6.45, 7) is 0. The first kappa shape index (κ1) is 6.83. The molecule has 0 saturated heterocycles. The maximum Gasteiger partial charge on any atom is 0.317 e. The third kappa shape index (κ3) is 3.04. The first-order valence-electron chi connectivity index (χ1n) is 2.06. The number of hydrogen-bond acceptors (Lipinski definition) is 3. The van der Waals surface area contributed by atoms with Crippen molar-refractivity contribution in [3.63, 3.8) is 0 Å². The fraction of sp³-hybridized carbons (Fsp3) is 0.400. The van der Waals surface area contributed by atoms with E-state index in [-0.39, 0.29) is 12.4 Å². The van der Waals surface area contributed by atoms with Crippen LogP contribution in [-0.2, 0) is 9.53 Å². The van der Waals surface area contributed by atoms with Gasteiger partial charge in [0.2, 0.25) is 0 Å². The lowest BCUT2D eigenvalue weighted by Crippen LogP contribution is -1.97. The van der Waals surface area contributed by atoms with Crippen molar-refractivity contribution in [3.8, 4) is 12.0 Å². The van der Waals surface area contributed by atoms with Gasteiger partial charge in [-0.25, -0.2) is 0 Å². The van der Waals surface area contributed by atoms with Crippen LogP contribution in [0, 0.1) is 12.0 Å². The van der Waals surface area contributed by atoms with Gasteiger partial charge in [0.05, 0.1) is 7.11 Å². The second-order valence-electron chi connectivity index (χ2n) is 1.07. The molecule has 0 aromatic carbocycles. The van der Waals surface area contributed by atoms with Gasteiger partial charge in [-0.2, -0.15) is 0 Å². The number of hydrogen-bond donors (Lipinski definition) is 1. The average Bonchev–Trinajstić information content (AvgIpc) is 1.83. The van der Waals surface area contributed by atoms with Crippen molar-refractivity contribution in [1.29, 1.82) is 0 Å². The standard InChI is InChI=1S/C5H7NO2/c1-8-5(7)3-2-4-6/h3,6H2,1H3. The van der Waals surface area contributed by atoms with Gasteiger partial charge in [-0.3, -0.25) is 4.79 Å². The molecule has 0 aromatic rings. The van der Waals surface area contributed by atoms with Crippen molar-refractivity contribution in [1.82, 2.24) is 0 Å². The van der Waals surface area contributed by atoms with Crippen LogP contribution in [0.25, 0.3) is 0 Å². The molecule has 0 spiro atoms. The molecule has 0 aliphatic heterocycles. The molecule has 0 heterocycles. The van der Waals surface area contributed by atoms with Crippen molar-refractivity contribution in [3.05, 3.63) is 0 Å². The molecule has 0 radical (unpaired) electrons. The first-order chi connectivity index (χ1) is 3.81. The van der Waals surface area contributed by atoms with Crippen molar-refractivity contribution in [2.45, 2.75) is 6.42 Å². The number of ether oxygens (including phenoxy) is 1. The molecule has 0 atom stereocenters. The Morgan fingerprint density at radius 3 is 2.88 bits per heavy atom. The largest absolute Gasteiger partial charge is 0.468 e. The molecule has 0 aromatic heterocycles. The number of methoxy groups -OCH3 is 1. The van der Waals surface area contributed by atoms with E-state index in [1.54, 1.807) is 0 Å². The highest BCUT2D eigenvalue weighted by molar-refractivity contribution is 5.72. The molecule has 0 amide bonds. The summed E-state index contributed by atoms with van der Waals surface area (Å²) in [6.07, 6.45) is 0.0764. The van der Waals surface area contributed by atoms with Gasteiger partial charge >= 0.3 is 5.97 Å². The van der Waals surface area contributed by atoms with E-state index < -0.39 is 0 Å². The normalized spacial score (nSPS) is 6.62. The third-order valence-corrected chi connectivity index (χ3v) is 0.562. The molecular weight excluding hydrogens is 106 g/mol. The van der Waals surface area contributed by atoms with E-state index in [0.29, 0.717) is 0 Å². The number of carbonyl (C=O) groups excluding carboxylic acids is 1. The minimum Gasteiger partial charge on any atom is -0.468 e. The molecule has 0 rings (SSSR count). The van der Waals surface area contributed by atoms with Crippen molar-refractivity contribution >= 4 is 5.97 Å². The summed E-state index contributed by atoms with van der Waals surface area (Å²) in [5.74, 6) is 1.99. The Morgan fingerprint density at radius 2 is 2.50 bits per heavy atom. The Bertz CT molecular complexity index is 131. The van der Waals surface area contributed by atoms with Crippen LogP contribution >= 0.6 is 0 Å². The Kier molecular flexibility index (Phi) is 3.42. The quantitative estimate of drug-likeness (QED) is 0.282. The van der Waals surface area contributed by atoms with Crippen LogP contribution < -0.4 is 5.73 Å². The van der Waals surface area contributed by atoms with Crippen LogP contribution in [0.15, 0.2) is 0 Å². The van der Waals surface area contributed by atoms with Crippen LogP contribution in [0.3, 0.4) is 0 Å². The second kappa shape index (κ2) is 4.00. The summed E-state index contributed by atoms with van der Waals surface area (Å²) in [4.78, 5) is 10.2. The summed E-state index contributed by atoms with van der Waals surface area (Å²) in [6, 6.07) is 2.08. The van der Waals surface area contributed by atoms with Gasteiger partial charge in [0.1, 0.15) is 6.42 Å². The summed E-state index contributed by atoms with van der Waals surface area (Å²) < 4.78 is 4.26. The highest BCUT2D eigenvalue weighted by Crippen LogP contribution is 1.77. The molecule has 0 saturated carbocycles. The van der Waals surface area contributed by atoms with Gasteiger partial charge in [0.15, 0.2) is 0 Å². The molecule has 0 fully saturated rings. The van der Waals surface area contributed by atoms with Crippen molar-refractivity contribution < 1.29 is 9.53 Å². The number of esters is 1. The van der Waals surface area contributed by atoms with Crippen LogP contribution in [0.2, 0.25) is 0 Å². The van der Waals surface area contributed by atoms with Crippen LogP contribution in [0.4, 0.5) is 0 Å². The Balaban J connectivity index is 3.35. The van der Waals surface area contributed by atoms with Crippen molar-refractivity contribution in [2.75, 3.05) is 7.11 Å². The van der Waals surface area contributed by atoms with Gasteiger partial charge in [0, 0.05) is 6.04 Å². The number of rotatable bonds is 1. The van der Waals surface area contributed by atoms with E-state index in [9.17, 15) is 4.79 Å². The smallest absolute Gasteiger partial charge is 0.317 e. The Hall–Kier alpha value is -1.17. The lowest BCUT2D eigenvalue weighted by atomic mass is 10.5. The molecule has 8 heavy (non-hydrogen) atoms. The second-order valence-corrected chi connectivity index (χ2v) is 1.07. The average molecular weight is 113 g/mol.